The van der Waals surface area contributed by atoms with Crippen molar-refractivity contribution in [3.05, 3.63) is 23.3 Å². The van der Waals surface area contributed by atoms with Gasteiger partial charge in [0.25, 0.3) is 0 Å². The van der Waals surface area contributed by atoms with Gasteiger partial charge in [0.1, 0.15) is 5.75 Å². The molecule has 0 radical (unpaired) electrons. The smallest absolute Gasteiger partial charge is 0.211 e. The molecule has 0 atom stereocenters. The summed E-state index contributed by atoms with van der Waals surface area (Å²) >= 11 is 0. The number of aryl methyl sites for hydroxylation is 1. The molecule has 0 spiro atoms. The molecule has 22 heavy (non-hydrogen) atoms. The largest absolute Gasteiger partial charge is 0.497 e. The van der Waals surface area contributed by atoms with Crippen LogP contribution in [0.2, 0.25) is 6.32 Å². The first kappa shape index (κ1) is 17.4. The maximum absolute atomic E-state index is 6.21. The molecule has 4 heteroatoms. The van der Waals surface area contributed by atoms with E-state index in [0.29, 0.717) is 13.3 Å². The normalized spacial score (nSPS) is 20.0. The Labute approximate surface area is 135 Å². The molecule has 0 amide bonds. The highest BCUT2D eigenvalue weighted by atomic mass is 16.5. The van der Waals surface area contributed by atoms with Crippen LogP contribution in [-0.2, 0) is 16.1 Å². The van der Waals surface area contributed by atoms with E-state index in [1.54, 1.807) is 14.2 Å². The highest BCUT2D eigenvalue weighted by Crippen LogP contribution is 2.42. The van der Waals surface area contributed by atoms with Crippen molar-refractivity contribution in [2.75, 3.05) is 20.7 Å². The van der Waals surface area contributed by atoms with Crippen LogP contribution in [0.15, 0.2) is 12.1 Å². The van der Waals surface area contributed by atoms with E-state index in [4.69, 9.17) is 14.2 Å². The Hall–Kier alpha value is -0.995. The van der Waals surface area contributed by atoms with Gasteiger partial charge in [0.05, 0.1) is 19.3 Å². The van der Waals surface area contributed by atoms with Crippen LogP contribution in [0.25, 0.3) is 0 Å². The molecular formula is C18H29BO3. The van der Waals surface area contributed by atoms with Gasteiger partial charge in [-0.2, -0.15) is 0 Å². The summed E-state index contributed by atoms with van der Waals surface area (Å²) in [7, 11) is 3.48. The van der Waals surface area contributed by atoms with E-state index in [2.05, 4.69) is 46.8 Å². The molecule has 0 unspecified atom stereocenters. The molecule has 0 N–H and O–H groups in total. The fourth-order valence-electron chi connectivity index (χ4n) is 3.35. The summed E-state index contributed by atoms with van der Waals surface area (Å²) in [5, 5.41) is 0. The zero-order chi connectivity index (χ0) is 16.5. The first-order valence-electron chi connectivity index (χ1n) is 8.02. The van der Waals surface area contributed by atoms with Gasteiger partial charge in [-0.15, -0.1) is 0 Å². The average Bonchev–Trinajstić information content (AvgIpc) is 2.42. The van der Waals surface area contributed by atoms with Gasteiger partial charge < -0.3 is 14.2 Å². The lowest BCUT2D eigenvalue weighted by molar-refractivity contribution is -0.0851. The first-order chi connectivity index (χ1) is 10.2. The van der Waals surface area contributed by atoms with Crippen LogP contribution in [0.3, 0.4) is 0 Å². The van der Waals surface area contributed by atoms with Gasteiger partial charge in [-0.25, -0.2) is 0 Å². The summed E-state index contributed by atoms with van der Waals surface area (Å²) < 4.78 is 17.3. The molecule has 2 rings (SSSR count). The summed E-state index contributed by atoms with van der Waals surface area (Å²) in [4.78, 5) is 0. The molecule has 1 aromatic rings. The summed E-state index contributed by atoms with van der Waals surface area (Å²) in [5.74, 6) is 0.955. The van der Waals surface area contributed by atoms with Gasteiger partial charge >= 0.3 is 0 Å². The summed E-state index contributed by atoms with van der Waals surface area (Å²) in [6.07, 6.45) is 1.08. The second-order valence-corrected chi connectivity index (χ2v) is 7.58. The molecule has 0 aromatic heterocycles. The highest BCUT2D eigenvalue weighted by Gasteiger charge is 2.46. The minimum absolute atomic E-state index is 0.107. The third kappa shape index (κ3) is 3.18. The van der Waals surface area contributed by atoms with Crippen molar-refractivity contribution in [1.82, 2.24) is 0 Å². The van der Waals surface area contributed by atoms with E-state index in [9.17, 15) is 0 Å². The molecule has 1 aromatic carbocycles. The van der Waals surface area contributed by atoms with Crippen molar-refractivity contribution in [3.8, 4) is 5.75 Å². The molecule has 0 aliphatic carbocycles. The van der Waals surface area contributed by atoms with E-state index in [1.165, 1.54) is 16.6 Å². The minimum atomic E-state index is -0.108. The van der Waals surface area contributed by atoms with Crippen molar-refractivity contribution >= 4 is 12.2 Å². The van der Waals surface area contributed by atoms with Crippen molar-refractivity contribution < 1.29 is 14.2 Å². The molecule has 122 valence electrons. The Morgan fingerprint density at radius 2 is 1.86 bits per heavy atom. The van der Waals surface area contributed by atoms with E-state index in [1.807, 2.05) is 0 Å². The zero-order valence-corrected chi connectivity index (χ0v) is 15.1. The van der Waals surface area contributed by atoms with Crippen LogP contribution in [-0.4, -0.2) is 33.0 Å². The van der Waals surface area contributed by atoms with Gasteiger partial charge in [-0.05, 0) is 48.8 Å². The van der Waals surface area contributed by atoms with Gasteiger partial charge in [0.2, 0.25) is 6.71 Å². The molecule has 1 saturated heterocycles. The average molecular weight is 304 g/mol. The van der Waals surface area contributed by atoms with Crippen LogP contribution in [0.1, 0.15) is 38.8 Å². The first-order valence-corrected chi connectivity index (χ1v) is 8.02. The lowest BCUT2D eigenvalue weighted by atomic mass is 9.36. The maximum atomic E-state index is 6.21. The molecule has 1 heterocycles. The molecule has 1 aliphatic heterocycles. The van der Waals surface area contributed by atoms with Crippen molar-refractivity contribution in [2.24, 2.45) is 5.41 Å². The molecule has 1 fully saturated rings. The lowest BCUT2D eigenvalue weighted by Crippen LogP contribution is -2.55. The number of hydrogen-bond acceptors (Lipinski definition) is 3. The third-order valence-corrected chi connectivity index (χ3v) is 5.33. The topological polar surface area (TPSA) is 27.7 Å². The molecule has 0 bridgehead atoms. The number of ether oxygens (including phenoxy) is 3. The Balaban J connectivity index is 2.44. The second kappa shape index (κ2) is 6.25. The summed E-state index contributed by atoms with van der Waals surface area (Å²) in [5.41, 5.74) is 3.66. The molecular weight excluding hydrogens is 275 g/mol. The second-order valence-electron chi connectivity index (χ2n) is 7.58. The summed E-state index contributed by atoms with van der Waals surface area (Å²) in [6.45, 7) is 12.7. The minimum Gasteiger partial charge on any atom is -0.497 e. The fraction of sp³-hybridized carbons (Fsp3) is 0.667. The zero-order valence-electron chi connectivity index (χ0n) is 15.1. The Bertz CT molecular complexity index is 537. The van der Waals surface area contributed by atoms with E-state index in [0.717, 1.165) is 18.6 Å². The summed E-state index contributed by atoms with van der Waals surface area (Å²) in [6, 6.07) is 4.31. The van der Waals surface area contributed by atoms with Crippen molar-refractivity contribution in [1.29, 1.82) is 0 Å². The predicted octanol–water partition coefficient (Wildman–Crippen LogP) is 3.23. The lowest BCUT2D eigenvalue weighted by Gasteiger charge is -2.48. The van der Waals surface area contributed by atoms with E-state index >= 15 is 0 Å². The molecule has 3 nitrogen and oxygen atoms in total. The van der Waals surface area contributed by atoms with Gasteiger partial charge in [-0.1, -0.05) is 26.2 Å². The Morgan fingerprint density at radius 1 is 1.18 bits per heavy atom. The highest BCUT2D eigenvalue weighted by molar-refractivity contribution is 6.74. The van der Waals surface area contributed by atoms with Crippen LogP contribution in [0.4, 0.5) is 0 Å². The Morgan fingerprint density at radius 3 is 2.41 bits per heavy atom. The predicted molar refractivity (Wildman–Crippen MR) is 92.5 cm³/mol. The van der Waals surface area contributed by atoms with Crippen LogP contribution in [0, 0.1) is 12.3 Å². The third-order valence-electron chi connectivity index (χ3n) is 5.33. The fourth-order valence-corrected chi connectivity index (χ4v) is 3.35. The van der Waals surface area contributed by atoms with Gasteiger partial charge in [-0.3, -0.25) is 0 Å². The molecule has 0 saturated carbocycles. The van der Waals surface area contributed by atoms with Crippen LogP contribution < -0.4 is 10.2 Å². The molecule has 1 aliphatic rings. The Kier molecular flexibility index (Phi) is 4.93. The number of rotatable bonds is 4. The number of benzene rings is 1. The maximum Gasteiger partial charge on any atom is 0.211 e. The van der Waals surface area contributed by atoms with Crippen molar-refractivity contribution in [2.45, 2.75) is 53.1 Å². The standard InChI is InChI=1S/C18H29BO3/c1-13-8-14(10-20-6)16(15(9-13)21-7)19-11-17(2,3)18(4,5)22-12-19/h8-9H,10-12H2,1-7H3. The van der Waals surface area contributed by atoms with Crippen LogP contribution >= 0.6 is 0 Å². The number of methoxy groups -OCH3 is 2. The quantitative estimate of drug-likeness (QED) is 0.799. The monoisotopic (exact) mass is 304 g/mol. The van der Waals surface area contributed by atoms with Gasteiger partial charge in [0, 0.05) is 13.6 Å². The van der Waals surface area contributed by atoms with Gasteiger partial charge in [0.15, 0.2) is 0 Å². The van der Waals surface area contributed by atoms with E-state index in [-0.39, 0.29) is 11.0 Å². The van der Waals surface area contributed by atoms with E-state index < -0.39 is 0 Å². The van der Waals surface area contributed by atoms with Crippen LogP contribution in [0.5, 0.6) is 5.75 Å². The number of hydrogen-bond donors (Lipinski definition) is 0. The van der Waals surface area contributed by atoms with Crippen molar-refractivity contribution in [3.63, 3.8) is 0 Å². The SMILES string of the molecule is COCc1cc(C)cc(OC)c1B1COC(C)(C)C(C)(C)C1.